The van der Waals surface area contributed by atoms with Gasteiger partial charge in [-0.25, -0.2) is 0 Å². The first kappa shape index (κ1) is 15.3. The van der Waals surface area contributed by atoms with Gasteiger partial charge < -0.3 is 5.32 Å². The molecular weight excluding hydrogens is 313 g/mol. The summed E-state index contributed by atoms with van der Waals surface area (Å²) >= 11 is 12.4. The molecule has 22 heavy (non-hydrogen) atoms. The van der Waals surface area contributed by atoms with Gasteiger partial charge in [0.25, 0.3) is 0 Å². The monoisotopic (exact) mass is 337 g/mol. The molecule has 0 amide bonds. The van der Waals surface area contributed by atoms with Crippen molar-refractivity contribution in [1.82, 2.24) is 5.32 Å². The van der Waals surface area contributed by atoms with E-state index in [2.05, 4.69) is 18.3 Å². The Morgan fingerprint density at radius 1 is 1.09 bits per heavy atom. The molecule has 4 bridgehead atoms. The molecule has 3 heteroatoms. The maximum atomic E-state index is 6.32. The molecule has 0 spiro atoms. The molecule has 5 rings (SSSR count). The first-order valence-corrected chi connectivity index (χ1v) is 9.47. The van der Waals surface area contributed by atoms with Crippen molar-refractivity contribution in [3.8, 4) is 0 Å². The third-order valence-corrected chi connectivity index (χ3v) is 7.49. The Hall–Kier alpha value is -0.240. The van der Waals surface area contributed by atoms with Gasteiger partial charge in [-0.2, -0.15) is 0 Å². The van der Waals surface area contributed by atoms with Crippen LogP contribution in [0.1, 0.15) is 51.0 Å². The Bertz CT molecular complexity index is 533. The molecular formula is C19H25Cl2N. The average Bonchev–Trinajstić information content (AvgIpc) is 2.47. The largest absolute Gasteiger partial charge is 0.310 e. The number of hydrogen-bond donors (Lipinski definition) is 1. The van der Waals surface area contributed by atoms with Crippen LogP contribution in [0.3, 0.4) is 0 Å². The van der Waals surface area contributed by atoms with Crippen molar-refractivity contribution in [1.29, 1.82) is 0 Å². The summed E-state index contributed by atoms with van der Waals surface area (Å²) in [5.74, 6) is 3.01. The number of benzene rings is 1. The van der Waals surface area contributed by atoms with Gasteiger partial charge in [0.2, 0.25) is 0 Å². The third kappa shape index (κ3) is 2.60. The van der Waals surface area contributed by atoms with Crippen LogP contribution in [0.5, 0.6) is 0 Å². The molecule has 4 aliphatic rings. The molecule has 0 aliphatic heterocycles. The second-order valence-electron chi connectivity index (χ2n) is 8.10. The number of nitrogens with one attached hydrogen (secondary N) is 1. The maximum Gasteiger partial charge on any atom is 0.0637 e. The predicted octanol–water partition coefficient (Wildman–Crippen LogP) is 5.69. The second-order valence-corrected chi connectivity index (χ2v) is 8.88. The van der Waals surface area contributed by atoms with Crippen molar-refractivity contribution >= 4 is 23.2 Å². The summed E-state index contributed by atoms with van der Waals surface area (Å²) in [4.78, 5) is 0. The average molecular weight is 338 g/mol. The highest BCUT2D eigenvalue weighted by Gasteiger charge is 2.52. The van der Waals surface area contributed by atoms with Gasteiger partial charge in [-0.1, -0.05) is 35.3 Å². The SMILES string of the molecule is CC(NCc1cccc(Cl)c1Cl)C12CC3CC(CC(C3)C1)C2. The Morgan fingerprint density at radius 2 is 1.68 bits per heavy atom. The van der Waals surface area contributed by atoms with Crippen LogP contribution in [-0.4, -0.2) is 6.04 Å². The van der Waals surface area contributed by atoms with Crippen LogP contribution in [0, 0.1) is 23.2 Å². The van der Waals surface area contributed by atoms with E-state index in [4.69, 9.17) is 23.2 Å². The smallest absolute Gasteiger partial charge is 0.0637 e. The van der Waals surface area contributed by atoms with E-state index in [1.165, 1.54) is 38.5 Å². The fourth-order valence-electron chi connectivity index (χ4n) is 5.87. The van der Waals surface area contributed by atoms with Gasteiger partial charge in [-0.3, -0.25) is 0 Å². The molecule has 1 N–H and O–H groups in total. The number of hydrogen-bond acceptors (Lipinski definition) is 1. The van der Waals surface area contributed by atoms with Gasteiger partial charge in [0.05, 0.1) is 10.0 Å². The molecule has 0 radical (unpaired) electrons. The highest BCUT2D eigenvalue weighted by Crippen LogP contribution is 2.61. The van der Waals surface area contributed by atoms with Gasteiger partial charge in [0.15, 0.2) is 0 Å². The number of rotatable bonds is 4. The molecule has 1 aromatic carbocycles. The zero-order valence-electron chi connectivity index (χ0n) is 13.2. The highest BCUT2D eigenvalue weighted by atomic mass is 35.5. The van der Waals surface area contributed by atoms with E-state index in [1.54, 1.807) is 0 Å². The fourth-order valence-corrected chi connectivity index (χ4v) is 6.26. The first-order chi connectivity index (χ1) is 10.6. The third-order valence-electron chi connectivity index (χ3n) is 6.63. The van der Waals surface area contributed by atoms with Crippen molar-refractivity contribution < 1.29 is 0 Å². The van der Waals surface area contributed by atoms with Crippen molar-refractivity contribution in [2.75, 3.05) is 0 Å². The molecule has 0 saturated heterocycles. The second kappa shape index (κ2) is 5.69. The summed E-state index contributed by atoms with van der Waals surface area (Å²) in [5.41, 5.74) is 1.66. The lowest BCUT2D eigenvalue weighted by Crippen LogP contribution is -2.54. The first-order valence-electron chi connectivity index (χ1n) is 8.72. The minimum Gasteiger partial charge on any atom is -0.310 e. The van der Waals surface area contributed by atoms with E-state index in [-0.39, 0.29) is 0 Å². The summed E-state index contributed by atoms with van der Waals surface area (Å²) in [5, 5.41) is 5.14. The lowest BCUT2D eigenvalue weighted by Gasteiger charge is -2.59. The van der Waals surface area contributed by atoms with Gasteiger partial charge in [-0.15, -0.1) is 0 Å². The molecule has 0 heterocycles. The fraction of sp³-hybridized carbons (Fsp3) is 0.684. The highest BCUT2D eigenvalue weighted by molar-refractivity contribution is 6.42. The molecule has 0 aromatic heterocycles. The molecule has 4 fully saturated rings. The summed E-state index contributed by atoms with van der Waals surface area (Å²) < 4.78 is 0. The van der Waals surface area contributed by atoms with Crippen LogP contribution in [0.4, 0.5) is 0 Å². The topological polar surface area (TPSA) is 12.0 Å². The molecule has 4 aliphatic carbocycles. The zero-order valence-corrected chi connectivity index (χ0v) is 14.8. The Balaban J connectivity index is 1.46. The van der Waals surface area contributed by atoms with Crippen LogP contribution < -0.4 is 5.32 Å². The number of halogens is 2. The predicted molar refractivity (Wildman–Crippen MR) is 93.4 cm³/mol. The molecule has 1 unspecified atom stereocenters. The molecule has 4 saturated carbocycles. The summed E-state index contributed by atoms with van der Waals surface area (Å²) in [6.07, 6.45) is 8.84. The Labute approximate surface area is 143 Å². The van der Waals surface area contributed by atoms with Crippen molar-refractivity contribution in [3.05, 3.63) is 33.8 Å². The maximum absolute atomic E-state index is 6.32. The van der Waals surface area contributed by atoms with Crippen LogP contribution in [0.15, 0.2) is 18.2 Å². The normalized spacial score (nSPS) is 37.5. The van der Waals surface area contributed by atoms with Crippen molar-refractivity contribution in [2.45, 2.75) is 58.0 Å². The minimum absolute atomic E-state index is 0.541. The van der Waals surface area contributed by atoms with E-state index in [0.29, 0.717) is 21.5 Å². The van der Waals surface area contributed by atoms with Crippen molar-refractivity contribution in [2.24, 2.45) is 23.2 Å². The molecule has 1 atom stereocenters. The lowest BCUT2D eigenvalue weighted by atomic mass is 9.48. The van der Waals surface area contributed by atoms with E-state index >= 15 is 0 Å². The van der Waals surface area contributed by atoms with E-state index in [0.717, 1.165) is 29.9 Å². The summed E-state index contributed by atoms with van der Waals surface area (Å²) in [6.45, 7) is 3.22. The van der Waals surface area contributed by atoms with E-state index < -0.39 is 0 Å². The van der Waals surface area contributed by atoms with Gasteiger partial charge in [0.1, 0.15) is 0 Å². The van der Waals surface area contributed by atoms with Gasteiger partial charge in [-0.05, 0) is 80.2 Å². The molecule has 1 nitrogen and oxygen atoms in total. The van der Waals surface area contributed by atoms with Gasteiger partial charge in [0, 0.05) is 12.6 Å². The van der Waals surface area contributed by atoms with E-state index in [1.807, 2.05) is 12.1 Å². The van der Waals surface area contributed by atoms with Crippen molar-refractivity contribution in [3.63, 3.8) is 0 Å². The zero-order chi connectivity index (χ0) is 15.3. The van der Waals surface area contributed by atoms with Crippen LogP contribution in [0.2, 0.25) is 10.0 Å². The Morgan fingerprint density at radius 3 is 2.27 bits per heavy atom. The lowest BCUT2D eigenvalue weighted by molar-refractivity contribution is -0.0706. The van der Waals surface area contributed by atoms with Crippen LogP contribution in [-0.2, 0) is 6.54 Å². The van der Waals surface area contributed by atoms with Crippen LogP contribution in [0.25, 0.3) is 0 Å². The quantitative estimate of drug-likeness (QED) is 0.744. The summed E-state index contributed by atoms with van der Waals surface area (Å²) in [7, 11) is 0. The minimum atomic E-state index is 0.541. The van der Waals surface area contributed by atoms with Crippen LogP contribution >= 0.6 is 23.2 Å². The van der Waals surface area contributed by atoms with Gasteiger partial charge >= 0.3 is 0 Å². The molecule has 120 valence electrons. The Kier molecular flexibility index (Phi) is 3.95. The standard InChI is InChI=1S/C19H25Cl2N/c1-12(22-11-16-3-2-4-17(20)18(16)21)19-8-13-5-14(9-19)7-15(6-13)10-19/h2-4,12-15,22H,5-11H2,1H3. The molecule has 1 aromatic rings. The van der Waals surface area contributed by atoms with E-state index in [9.17, 15) is 0 Å². The summed E-state index contributed by atoms with van der Waals surface area (Å²) in [6, 6.07) is 6.49.